The molecule has 1 saturated carbocycles. The Labute approximate surface area is 115 Å². The number of likely N-dealkylation sites (tertiary alicyclic amines) is 1. The summed E-state index contributed by atoms with van der Waals surface area (Å²) < 4.78 is 0. The van der Waals surface area contributed by atoms with Crippen LogP contribution in [0.5, 0.6) is 0 Å². The first-order valence-corrected chi connectivity index (χ1v) is 7.65. The molecule has 1 amide bonds. The van der Waals surface area contributed by atoms with E-state index in [0.717, 1.165) is 45.1 Å². The highest BCUT2D eigenvalue weighted by Crippen LogP contribution is 2.32. The zero-order chi connectivity index (χ0) is 13.8. The Hall–Kier alpha value is -0.900. The number of hydrogen-bond donors (Lipinski definition) is 1. The maximum absolute atomic E-state index is 12.2. The van der Waals surface area contributed by atoms with Crippen LogP contribution in [0.4, 0.5) is 0 Å². The van der Waals surface area contributed by atoms with Crippen LogP contribution >= 0.6 is 0 Å². The van der Waals surface area contributed by atoms with Crippen molar-refractivity contribution in [1.29, 1.82) is 0 Å². The van der Waals surface area contributed by atoms with E-state index in [4.69, 9.17) is 0 Å². The minimum atomic E-state index is -0.120. The predicted octanol–water partition coefficient (Wildman–Crippen LogP) is 1.73. The van der Waals surface area contributed by atoms with Gasteiger partial charge < -0.3 is 5.32 Å². The molecule has 3 atom stereocenters. The molecule has 1 aliphatic heterocycles. The number of amides is 1. The van der Waals surface area contributed by atoms with E-state index in [2.05, 4.69) is 10.2 Å². The van der Waals surface area contributed by atoms with Crippen molar-refractivity contribution in [3.8, 4) is 0 Å². The van der Waals surface area contributed by atoms with E-state index in [1.54, 1.807) is 7.05 Å². The van der Waals surface area contributed by atoms with E-state index in [-0.39, 0.29) is 23.9 Å². The SMILES string of the molecule is CNC(=O)C(C)N1CCCCC1C1CCCCC1=O. The number of piperidine rings is 1. The van der Waals surface area contributed by atoms with Crippen molar-refractivity contribution in [3.63, 3.8) is 0 Å². The number of nitrogens with zero attached hydrogens (tertiary/aromatic N) is 1. The van der Waals surface area contributed by atoms with Crippen LogP contribution in [0.15, 0.2) is 0 Å². The lowest BCUT2D eigenvalue weighted by Gasteiger charge is -2.43. The van der Waals surface area contributed by atoms with Gasteiger partial charge in [0.1, 0.15) is 5.78 Å². The third kappa shape index (κ3) is 3.16. The number of ketones is 1. The number of hydrogen-bond acceptors (Lipinski definition) is 3. The minimum absolute atomic E-state index is 0.0650. The monoisotopic (exact) mass is 266 g/mol. The number of carbonyl (C=O) groups excluding carboxylic acids is 2. The Morgan fingerprint density at radius 1 is 1.26 bits per heavy atom. The predicted molar refractivity (Wildman–Crippen MR) is 74.8 cm³/mol. The first-order valence-electron chi connectivity index (χ1n) is 7.65. The zero-order valence-corrected chi connectivity index (χ0v) is 12.2. The van der Waals surface area contributed by atoms with Crippen molar-refractivity contribution in [2.24, 2.45) is 5.92 Å². The van der Waals surface area contributed by atoms with Crippen molar-refractivity contribution >= 4 is 11.7 Å². The smallest absolute Gasteiger partial charge is 0.236 e. The normalized spacial score (nSPS) is 30.9. The quantitative estimate of drug-likeness (QED) is 0.846. The number of rotatable bonds is 3. The standard InChI is InChI=1S/C15H26N2O2/c1-11(15(19)16-2)17-10-6-5-8-13(17)12-7-3-4-9-14(12)18/h11-13H,3-10H2,1-2H3,(H,16,19). The van der Waals surface area contributed by atoms with Crippen LogP contribution in [-0.2, 0) is 9.59 Å². The van der Waals surface area contributed by atoms with Gasteiger partial charge in [0.25, 0.3) is 0 Å². The van der Waals surface area contributed by atoms with E-state index in [9.17, 15) is 9.59 Å². The number of likely N-dealkylation sites (N-methyl/N-ethyl adjacent to an activating group) is 1. The lowest BCUT2D eigenvalue weighted by molar-refractivity contribution is -0.133. The van der Waals surface area contributed by atoms with Crippen LogP contribution in [-0.4, -0.2) is 42.3 Å². The number of carbonyl (C=O) groups is 2. The molecule has 4 heteroatoms. The van der Waals surface area contributed by atoms with Crippen LogP contribution in [0.25, 0.3) is 0 Å². The van der Waals surface area contributed by atoms with Gasteiger partial charge >= 0.3 is 0 Å². The lowest BCUT2D eigenvalue weighted by atomic mass is 9.78. The molecule has 2 aliphatic rings. The summed E-state index contributed by atoms with van der Waals surface area (Å²) in [5, 5.41) is 2.73. The summed E-state index contributed by atoms with van der Waals surface area (Å²) in [7, 11) is 1.68. The summed E-state index contributed by atoms with van der Waals surface area (Å²) in [6.45, 7) is 2.91. The Kier molecular flexibility index (Phi) is 4.97. The Bertz CT molecular complexity index is 343. The molecule has 108 valence electrons. The fourth-order valence-corrected chi connectivity index (χ4v) is 3.67. The highest BCUT2D eigenvalue weighted by molar-refractivity contribution is 5.83. The Morgan fingerprint density at radius 3 is 2.68 bits per heavy atom. The van der Waals surface area contributed by atoms with Gasteiger partial charge in [0, 0.05) is 25.4 Å². The van der Waals surface area contributed by atoms with Gasteiger partial charge in [-0.25, -0.2) is 0 Å². The molecule has 2 fully saturated rings. The molecule has 0 aromatic heterocycles. The van der Waals surface area contributed by atoms with E-state index in [0.29, 0.717) is 5.78 Å². The molecule has 1 aliphatic carbocycles. The third-order valence-corrected chi connectivity index (χ3v) is 4.78. The van der Waals surface area contributed by atoms with Crippen LogP contribution in [0.2, 0.25) is 0 Å². The van der Waals surface area contributed by atoms with Crippen molar-refractivity contribution in [2.75, 3.05) is 13.6 Å². The summed E-state index contributed by atoms with van der Waals surface area (Å²) >= 11 is 0. The molecular formula is C15H26N2O2. The van der Waals surface area contributed by atoms with Gasteiger partial charge in [-0.15, -0.1) is 0 Å². The molecule has 3 unspecified atom stereocenters. The second-order valence-corrected chi connectivity index (χ2v) is 5.91. The Balaban J connectivity index is 2.10. The summed E-state index contributed by atoms with van der Waals surface area (Å²) in [4.78, 5) is 26.3. The van der Waals surface area contributed by atoms with E-state index in [1.807, 2.05) is 6.92 Å². The fraction of sp³-hybridized carbons (Fsp3) is 0.867. The number of nitrogens with one attached hydrogen (secondary N) is 1. The average molecular weight is 266 g/mol. The molecule has 4 nitrogen and oxygen atoms in total. The molecule has 1 N–H and O–H groups in total. The zero-order valence-electron chi connectivity index (χ0n) is 12.2. The third-order valence-electron chi connectivity index (χ3n) is 4.78. The molecule has 0 radical (unpaired) electrons. The highest BCUT2D eigenvalue weighted by atomic mass is 16.2. The van der Waals surface area contributed by atoms with Gasteiger partial charge in [0.2, 0.25) is 5.91 Å². The minimum Gasteiger partial charge on any atom is -0.358 e. The van der Waals surface area contributed by atoms with Gasteiger partial charge in [-0.05, 0) is 39.2 Å². The molecule has 19 heavy (non-hydrogen) atoms. The molecule has 1 heterocycles. The van der Waals surface area contributed by atoms with Crippen molar-refractivity contribution in [1.82, 2.24) is 10.2 Å². The van der Waals surface area contributed by atoms with Crippen LogP contribution in [0, 0.1) is 5.92 Å². The second kappa shape index (κ2) is 6.51. The average Bonchev–Trinajstić information content (AvgIpc) is 2.46. The molecule has 1 saturated heterocycles. The summed E-state index contributed by atoms with van der Waals surface area (Å²) in [5.74, 6) is 0.656. The van der Waals surface area contributed by atoms with E-state index >= 15 is 0 Å². The summed E-state index contributed by atoms with van der Waals surface area (Å²) in [6.07, 6.45) is 7.36. The van der Waals surface area contributed by atoms with Crippen molar-refractivity contribution < 1.29 is 9.59 Å². The van der Waals surface area contributed by atoms with E-state index in [1.165, 1.54) is 6.42 Å². The topological polar surface area (TPSA) is 49.4 Å². The Morgan fingerprint density at radius 2 is 2.00 bits per heavy atom. The molecule has 0 aromatic rings. The molecular weight excluding hydrogens is 240 g/mol. The van der Waals surface area contributed by atoms with E-state index < -0.39 is 0 Å². The van der Waals surface area contributed by atoms with Crippen molar-refractivity contribution in [2.45, 2.75) is 64.0 Å². The number of Topliss-reactive ketones (excluding diaryl/α,β-unsaturated/α-hetero) is 1. The first-order chi connectivity index (χ1) is 9.15. The summed E-state index contributed by atoms with van der Waals surface area (Å²) in [5.41, 5.74) is 0. The molecule has 2 rings (SSSR count). The van der Waals surface area contributed by atoms with Crippen LogP contribution in [0.3, 0.4) is 0 Å². The van der Waals surface area contributed by atoms with Gasteiger partial charge in [0.15, 0.2) is 0 Å². The molecule has 0 bridgehead atoms. The van der Waals surface area contributed by atoms with Gasteiger partial charge in [0.05, 0.1) is 6.04 Å². The van der Waals surface area contributed by atoms with Crippen molar-refractivity contribution in [3.05, 3.63) is 0 Å². The fourth-order valence-electron chi connectivity index (χ4n) is 3.67. The molecule has 0 aromatic carbocycles. The maximum atomic E-state index is 12.2. The van der Waals surface area contributed by atoms with Crippen LogP contribution in [0.1, 0.15) is 51.9 Å². The van der Waals surface area contributed by atoms with Gasteiger partial charge in [-0.1, -0.05) is 12.8 Å². The molecule has 0 spiro atoms. The maximum Gasteiger partial charge on any atom is 0.236 e. The van der Waals surface area contributed by atoms with Gasteiger partial charge in [-0.3, -0.25) is 14.5 Å². The first kappa shape index (κ1) is 14.5. The van der Waals surface area contributed by atoms with Gasteiger partial charge in [-0.2, -0.15) is 0 Å². The second-order valence-electron chi connectivity index (χ2n) is 5.91. The summed E-state index contributed by atoms with van der Waals surface area (Å²) in [6, 6.07) is 0.166. The highest BCUT2D eigenvalue weighted by Gasteiger charge is 2.38. The largest absolute Gasteiger partial charge is 0.358 e. The lowest BCUT2D eigenvalue weighted by Crippen LogP contribution is -2.55. The van der Waals surface area contributed by atoms with Crippen LogP contribution < -0.4 is 5.32 Å².